The van der Waals surface area contributed by atoms with Gasteiger partial charge in [0.1, 0.15) is 0 Å². The maximum absolute atomic E-state index is 5.58. The van der Waals surface area contributed by atoms with Gasteiger partial charge in [-0.1, -0.05) is 60.5 Å². The summed E-state index contributed by atoms with van der Waals surface area (Å²) < 4.78 is -1.10. The van der Waals surface area contributed by atoms with E-state index in [0.717, 1.165) is 6.04 Å². The van der Waals surface area contributed by atoms with Gasteiger partial charge >= 0.3 is 0 Å². The van der Waals surface area contributed by atoms with E-state index in [4.69, 9.17) is 34.8 Å². The summed E-state index contributed by atoms with van der Waals surface area (Å²) in [4.78, 5) is 0. The van der Waals surface area contributed by atoms with E-state index in [0.29, 0.717) is 6.42 Å². The van der Waals surface area contributed by atoms with Gasteiger partial charge in [0.15, 0.2) is 3.79 Å². The number of hydrogen-bond acceptors (Lipinski definition) is 0. The average molecular weight is 233 g/mol. The van der Waals surface area contributed by atoms with Gasteiger partial charge in [0, 0.05) is 8.07 Å². The zero-order valence-corrected chi connectivity index (χ0v) is 10.4. The van der Waals surface area contributed by atoms with Gasteiger partial charge in [-0.15, -0.1) is 0 Å². The van der Waals surface area contributed by atoms with E-state index in [2.05, 4.69) is 26.1 Å². The molecule has 0 aliphatic heterocycles. The summed E-state index contributed by atoms with van der Waals surface area (Å²) in [5.41, 5.74) is 0. The molecule has 0 aromatic carbocycles. The molecule has 0 fully saturated rings. The van der Waals surface area contributed by atoms with E-state index >= 15 is 0 Å². The molecule has 0 nitrogen and oxygen atoms in total. The van der Waals surface area contributed by atoms with Gasteiger partial charge in [0.2, 0.25) is 0 Å². The SMILES string of the molecule is C[Si](C)(C)C[CH]CC(Cl)(Cl)Cl. The third kappa shape index (κ3) is 11.1. The standard InChI is InChI=1S/C7H14Cl3Si/c1-11(2,3)6-4-5-7(8,9)10/h4H,5-6H2,1-3H3. The molecule has 0 aliphatic carbocycles. The first kappa shape index (κ1) is 12.1. The minimum absolute atomic E-state index is 0.557. The van der Waals surface area contributed by atoms with Crippen LogP contribution in [0.1, 0.15) is 6.42 Å². The highest BCUT2D eigenvalue weighted by Gasteiger charge is 2.21. The minimum atomic E-state index is -1.10. The lowest BCUT2D eigenvalue weighted by Crippen LogP contribution is -2.20. The normalized spacial score (nSPS) is 13.6. The summed E-state index contributed by atoms with van der Waals surface area (Å²) in [7, 11) is -0.988. The summed E-state index contributed by atoms with van der Waals surface area (Å²) in [6.07, 6.45) is 2.64. The van der Waals surface area contributed by atoms with Crippen LogP contribution >= 0.6 is 34.8 Å². The van der Waals surface area contributed by atoms with Crippen LogP contribution in [0.25, 0.3) is 0 Å². The summed E-state index contributed by atoms with van der Waals surface area (Å²) in [6.45, 7) is 6.88. The van der Waals surface area contributed by atoms with E-state index < -0.39 is 11.9 Å². The number of halogens is 3. The second kappa shape index (κ2) is 4.36. The third-order valence-corrected chi connectivity index (χ3v) is 3.11. The molecule has 0 aromatic heterocycles. The summed E-state index contributed by atoms with van der Waals surface area (Å²) in [5, 5.41) is 0. The Labute approximate surface area is 85.2 Å². The minimum Gasteiger partial charge on any atom is -0.0837 e. The van der Waals surface area contributed by atoms with E-state index in [9.17, 15) is 0 Å². The van der Waals surface area contributed by atoms with Gasteiger partial charge < -0.3 is 0 Å². The molecular weight excluding hydrogens is 219 g/mol. The Morgan fingerprint density at radius 1 is 1.18 bits per heavy atom. The molecule has 0 saturated heterocycles. The van der Waals surface area contributed by atoms with Crippen LogP contribution in [0.2, 0.25) is 25.7 Å². The van der Waals surface area contributed by atoms with E-state index in [-0.39, 0.29) is 0 Å². The molecular formula is C7H14Cl3Si. The van der Waals surface area contributed by atoms with Crippen molar-refractivity contribution in [2.45, 2.75) is 35.9 Å². The van der Waals surface area contributed by atoms with Crippen molar-refractivity contribution in [3.8, 4) is 0 Å². The molecule has 67 valence electrons. The smallest absolute Gasteiger partial charge is 0.0837 e. The van der Waals surface area contributed by atoms with E-state index in [1.54, 1.807) is 0 Å². The second-order valence-electron chi connectivity index (χ2n) is 3.87. The van der Waals surface area contributed by atoms with Crippen molar-refractivity contribution in [1.82, 2.24) is 0 Å². The topological polar surface area (TPSA) is 0 Å². The highest BCUT2D eigenvalue weighted by molar-refractivity contribution is 6.76. The molecule has 0 atom stereocenters. The van der Waals surface area contributed by atoms with Crippen molar-refractivity contribution in [3.63, 3.8) is 0 Å². The molecule has 0 bridgehead atoms. The highest BCUT2D eigenvalue weighted by Crippen LogP contribution is 2.32. The largest absolute Gasteiger partial charge is 0.190 e. The summed E-state index contributed by atoms with van der Waals surface area (Å²) in [6, 6.07) is 1.11. The Hall–Kier alpha value is 1.09. The first-order chi connectivity index (χ1) is 4.71. The van der Waals surface area contributed by atoms with Crippen LogP contribution in [0, 0.1) is 6.42 Å². The molecule has 11 heavy (non-hydrogen) atoms. The molecule has 0 rings (SSSR count). The van der Waals surface area contributed by atoms with Crippen molar-refractivity contribution in [1.29, 1.82) is 0 Å². The molecule has 1 radical (unpaired) electrons. The maximum Gasteiger partial charge on any atom is 0.190 e. The van der Waals surface area contributed by atoms with Crippen LogP contribution in [-0.4, -0.2) is 11.9 Å². The Bertz CT molecular complexity index is 97.8. The summed E-state index contributed by atoms with van der Waals surface area (Å²) in [5.74, 6) is 0. The fourth-order valence-corrected chi connectivity index (χ4v) is 2.01. The fraction of sp³-hybridized carbons (Fsp3) is 0.857. The van der Waals surface area contributed by atoms with Crippen LogP contribution in [0.5, 0.6) is 0 Å². The summed E-state index contributed by atoms with van der Waals surface area (Å²) >= 11 is 16.7. The molecule has 4 heteroatoms. The molecule has 0 spiro atoms. The molecule has 0 unspecified atom stereocenters. The van der Waals surface area contributed by atoms with Crippen molar-refractivity contribution >= 4 is 42.9 Å². The van der Waals surface area contributed by atoms with Crippen LogP contribution in [0.4, 0.5) is 0 Å². The zero-order valence-electron chi connectivity index (χ0n) is 7.13. The van der Waals surface area contributed by atoms with Gasteiger partial charge in [-0.25, -0.2) is 0 Å². The zero-order chi connectivity index (χ0) is 9.12. The van der Waals surface area contributed by atoms with Gasteiger partial charge in [0.25, 0.3) is 0 Å². The van der Waals surface area contributed by atoms with Gasteiger partial charge in [-0.05, 0) is 12.8 Å². The van der Waals surface area contributed by atoms with Crippen LogP contribution < -0.4 is 0 Å². The first-order valence-electron chi connectivity index (χ1n) is 3.59. The molecule has 0 aliphatic rings. The lowest BCUT2D eigenvalue weighted by molar-refractivity contribution is 0.978. The van der Waals surface area contributed by atoms with Crippen LogP contribution in [0.3, 0.4) is 0 Å². The average Bonchev–Trinajstić information content (AvgIpc) is 1.55. The monoisotopic (exact) mass is 231 g/mol. The molecule has 0 saturated carbocycles. The van der Waals surface area contributed by atoms with Crippen molar-refractivity contribution in [2.75, 3.05) is 0 Å². The van der Waals surface area contributed by atoms with Gasteiger partial charge in [0.05, 0.1) is 0 Å². The van der Waals surface area contributed by atoms with Gasteiger partial charge in [-0.2, -0.15) is 0 Å². The molecule has 0 aromatic rings. The maximum atomic E-state index is 5.58. The van der Waals surface area contributed by atoms with E-state index in [1.165, 1.54) is 0 Å². The van der Waals surface area contributed by atoms with Gasteiger partial charge in [-0.3, -0.25) is 0 Å². The Morgan fingerprint density at radius 3 is 1.91 bits per heavy atom. The van der Waals surface area contributed by atoms with Crippen LogP contribution in [-0.2, 0) is 0 Å². The Morgan fingerprint density at radius 2 is 1.64 bits per heavy atom. The lowest BCUT2D eigenvalue weighted by atomic mass is 10.4. The molecule has 0 amide bonds. The van der Waals surface area contributed by atoms with Crippen molar-refractivity contribution in [2.24, 2.45) is 0 Å². The van der Waals surface area contributed by atoms with Crippen molar-refractivity contribution < 1.29 is 0 Å². The second-order valence-corrected chi connectivity index (χ2v) is 11.9. The molecule has 0 heterocycles. The highest BCUT2D eigenvalue weighted by atomic mass is 35.6. The molecule has 0 N–H and O–H groups in total. The third-order valence-electron chi connectivity index (χ3n) is 1.13. The number of alkyl halides is 3. The lowest BCUT2D eigenvalue weighted by Gasteiger charge is -2.17. The van der Waals surface area contributed by atoms with E-state index in [1.807, 2.05) is 0 Å². The predicted octanol–water partition coefficient (Wildman–Crippen LogP) is 4.29. The predicted molar refractivity (Wildman–Crippen MR) is 57.4 cm³/mol. The van der Waals surface area contributed by atoms with Crippen molar-refractivity contribution in [3.05, 3.63) is 6.42 Å². The Balaban J connectivity index is 3.44. The number of rotatable bonds is 3. The number of hydrogen-bond donors (Lipinski definition) is 0. The Kier molecular flexibility index (Phi) is 4.79. The van der Waals surface area contributed by atoms with Crippen LogP contribution in [0.15, 0.2) is 0 Å². The fourth-order valence-electron chi connectivity index (χ4n) is 0.669. The quantitative estimate of drug-likeness (QED) is 0.503. The first-order valence-corrected chi connectivity index (χ1v) is 8.43.